The summed E-state index contributed by atoms with van der Waals surface area (Å²) < 4.78 is 5.04. The molecule has 3 heteroatoms. The third-order valence-electron chi connectivity index (χ3n) is 2.56. The molecule has 2 N–H and O–H groups in total. The van der Waals surface area contributed by atoms with E-state index >= 15 is 0 Å². The predicted octanol–water partition coefficient (Wildman–Crippen LogP) is 2.29. The quantitative estimate of drug-likeness (QED) is 0.787. The van der Waals surface area contributed by atoms with E-state index < -0.39 is 0 Å². The zero-order valence-corrected chi connectivity index (χ0v) is 9.72. The summed E-state index contributed by atoms with van der Waals surface area (Å²) in [6, 6.07) is 2.40. The summed E-state index contributed by atoms with van der Waals surface area (Å²) >= 11 is 1.73. The fourth-order valence-electron chi connectivity index (χ4n) is 1.40. The fraction of sp³-hybridized carbons (Fsp3) is 0.636. The number of nitrogens with two attached hydrogens (primary N) is 1. The first kappa shape index (κ1) is 11.7. The first-order chi connectivity index (χ1) is 6.74. The molecule has 0 aliphatic carbocycles. The van der Waals surface area contributed by atoms with E-state index in [-0.39, 0.29) is 6.04 Å². The molecule has 0 saturated heterocycles. The van der Waals surface area contributed by atoms with E-state index in [1.165, 1.54) is 5.56 Å². The second-order valence-electron chi connectivity index (χ2n) is 3.76. The Hall–Kier alpha value is -0.380. The molecule has 0 saturated carbocycles. The summed E-state index contributed by atoms with van der Waals surface area (Å²) in [5.41, 5.74) is 7.45. The molecule has 1 rings (SSSR count). The van der Waals surface area contributed by atoms with Crippen LogP contribution in [-0.2, 0) is 11.2 Å². The summed E-state index contributed by atoms with van der Waals surface area (Å²) in [7, 11) is 1.73. The summed E-state index contributed by atoms with van der Waals surface area (Å²) in [6.07, 6.45) is 2.02. The van der Waals surface area contributed by atoms with Crippen LogP contribution in [0.5, 0.6) is 0 Å². The Labute approximate surface area is 90.1 Å². The molecule has 80 valence electrons. The van der Waals surface area contributed by atoms with Gasteiger partial charge in [0, 0.05) is 19.8 Å². The molecular formula is C11H19NOS. The molecule has 0 amide bonds. The minimum Gasteiger partial charge on any atom is -0.385 e. The van der Waals surface area contributed by atoms with E-state index in [1.807, 2.05) is 0 Å². The molecule has 2 unspecified atom stereocenters. The van der Waals surface area contributed by atoms with Gasteiger partial charge in [0.2, 0.25) is 0 Å². The Morgan fingerprint density at radius 2 is 2.36 bits per heavy atom. The number of ether oxygens (including phenoxy) is 1. The van der Waals surface area contributed by atoms with Gasteiger partial charge in [-0.05, 0) is 41.1 Å². The van der Waals surface area contributed by atoms with Crippen molar-refractivity contribution in [3.63, 3.8) is 0 Å². The third kappa shape index (κ3) is 3.78. The van der Waals surface area contributed by atoms with Gasteiger partial charge in [0.1, 0.15) is 0 Å². The van der Waals surface area contributed by atoms with Crippen LogP contribution in [0.15, 0.2) is 16.8 Å². The van der Waals surface area contributed by atoms with E-state index in [1.54, 1.807) is 18.4 Å². The van der Waals surface area contributed by atoms with Crippen molar-refractivity contribution in [1.82, 2.24) is 0 Å². The summed E-state index contributed by atoms with van der Waals surface area (Å²) in [5, 5.41) is 4.27. The summed E-state index contributed by atoms with van der Waals surface area (Å²) in [6.45, 7) is 2.99. The van der Waals surface area contributed by atoms with Crippen molar-refractivity contribution in [2.75, 3.05) is 13.7 Å². The molecule has 0 aliphatic rings. The average molecular weight is 213 g/mol. The fourth-order valence-corrected chi connectivity index (χ4v) is 2.08. The highest BCUT2D eigenvalue weighted by atomic mass is 32.1. The molecule has 14 heavy (non-hydrogen) atoms. The summed E-state index contributed by atoms with van der Waals surface area (Å²) in [4.78, 5) is 0. The van der Waals surface area contributed by atoms with Crippen molar-refractivity contribution in [3.05, 3.63) is 22.4 Å². The molecule has 0 bridgehead atoms. The molecule has 1 aromatic rings. The van der Waals surface area contributed by atoms with Crippen LogP contribution in [0.4, 0.5) is 0 Å². The van der Waals surface area contributed by atoms with Gasteiger partial charge in [-0.3, -0.25) is 0 Å². The van der Waals surface area contributed by atoms with Crippen molar-refractivity contribution in [2.45, 2.75) is 25.8 Å². The van der Waals surface area contributed by atoms with Crippen LogP contribution in [-0.4, -0.2) is 19.8 Å². The first-order valence-electron chi connectivity index (χ1n) is 4.99. The smallest absolute Gasteiger partial charge is 0.0465 e. The van der Waals surface area contributed by atoms with E-state index in [2.05, 4.69) is 23.8 Å². The minimum atomic E-state index is 0.250. The highest BCUT2D eigenvalue weighted by Gasteiger charge is 2.12. The number of hydrogen-bond donors (Lipinski definition) is 1. The molecule has 2 atom stereocenters. The van der Waals surface area contributed by atoms with Gasteiger partial charge in [0.15, 0.2) is 0 Å². The summed E-state index contributed by atoms with van der Waals surface area (Å²) in [5.74, 6) is 0.523. The highest BCUT2D eigenvalue weighted by molar-refractivity contribution is 7.07. The number of rotatable bonds is 6. The number of thiophene rings is 1. The molecular weight excluding hydrogens is 194 g/mol. The lowest BCUT2D eigenvalue weighted by molar-refractivity contribution is 0.174. The van der Waals surface area contributed by atoms with Crippen molar-refractivity contribution >= 4 is 11.3 Å². The van der Waals surface area contributed by atoms with Gasteiger partial charge in [0.25, 0.3) is 0 Å². The zero-order chi connectivity index (χ0) is 10.4. The van der Waals surface area contributed by atoms with Crippen LogP contribution in [0.25, 0.3) is 0 Å². The monoisotopic (exact) mass is 213 g/mol. The molecule has 0 aliphatic heterocycles. The largest absolute Gasteiger partial charge is 0.385 e. The van der Waals surface area contributed by atoms with E-state index in [9.17, 15) is 0 Å². The van der Waals surface area contributed by atoms with E-state index in [0.717, 1.165) is 19.4 Å². The lowest BCUT2D eigenvalue weighted by Gasteiger charge is -2.18. The Balaban J connectivity index is 2.30. The molecule has 0 radical (unpaired) electrons. The Bertz CT molecular complexity index is 235. The van der Waals surface area contributed by atoms with Crippen molar-refractivity contribution in [3.8, 4) is 0 Å². The molecule has 0 aromatic carbocycles. The van der Waals surface area contributed by atoms with Gasteiger partial charge in [-0.1, -0.05) is 6.92 Å². The molecule has 2 nitrogen and oxygen atoms in total. The van der Waals surface area contributed by atoms with Crippen molar-refractivity contribution in [1.29, 1.82) is 0 Å². The molecule has 0 fully saturated rings. The predicted molar refractivity (Wildman–Crippen MR) is 61.7 cm³/mol. The second-order valence-corrected chi connectivity index (χ2v) is 4.54. The normalized spacial score (nSPS) is 15.4. The Kier molecular flexibility index (Phi) is 5.15. The van der Waals surface area contributed by atoms with Crippen LogP contribution < -0.4 is 5.73 Å². The Morgan fingerprint density at radius 1 is 1.57 bits per heavy atom. The minimum absolute atomic E-state index is 0.250. The van der Waals surface area contributed by atoms with Gasteiger partial charge < -0.3 is 10.5 Å². The molecule has 0 spiro atoms. The van der Waals surface area contributed by atoms with Gasteiger partial charge in [0.05, 0.1) is 0 Å². The topological polar surface area (TPSA) is 35.2 Å². The van der Waals surface area contributed by atoms with Crippen molar-refractivity contribution < 1.29 is 4.74 Å². The maximum Gasteiger partial charge on any atom is 0.0465 e. The first-order valence-corrected chi connectivity index (χ1v) is 5.94. The van der Waals surface area contributed by atoms with Crippen LogP contribution in [0.2, 0.25) is 0 Å². The maximum atomic E-state index is 6.10. The Morgan fingerprint density at radius 3 is 2.93 bits per heavy atom. The average Bonchev–Trinajstić information content (AvgIpc) is 2.66. The standard InChI is InChI=1S/C11H19NOS/c1-9(3-5-13-2)11(12)7-10-4-6-14-8-10/h4,6,8-9,11H,3,5,7,12H2,1-2H3. The maximum absolute atomic E-state index is 6.10. The highest BCUT2D eigenvalue weighted by Crippen LogP contribution is 2.14. The zero-order valence-electron chi connectivity index (χ0n) is 8.90. The van der Waals surface area contributed by atoms with Gasteiger partial charge in [-0.2, -0.15) is 11.3 Å². The SMILES string of the molecule is COCCC(C)C(N)Cc1ccsc1. The van der Waals surface area contributed by atoms with E-state index in [4.69, 9.17) is 10.5 Å². The van der Waals surface area contributed by atoms with Crippen LogP contribution in [0, 0.1) is 5.92 Å². The van der Waals surface area contributed by atoms with Gasteiger partial charge in [-0.15, -0.1) is 0 Å². The lowest BCUT2D eigenvalue weighted by atomic mass is 9.94. The number of methoxy groups -OCH3 is 1. The molecule has 1 aromatic heterocycles. The van der Waals surface area contributed by atoms with Crippen molar-refractivity contribution in [2.24, 2.45) is 11.7 Å². The third-order valence-corrected chi connectivity index (χ3v) is 3.29. The number of hydrogen-bond acceptors (Lipinski definition) is 3. The molecule has 1 heterocycles. The van der Waals surface area contributed by atoms with Gasteiger partial charge >= 0.3 is 0 Å². The van der Waals surface area contributed by atoms with Crippen LogP contribution >= 0.6 is 11.3 Å². The lowest BCUT2D eigenvalue weighted by Crippen LogP contribution is -2.31. The van der Waals surface area contributed by atoms with Gasteiger partial charge in [-0.25, -0.2) is 0 Å². The van der Waals surface area contributed by atoms with Crippen LogP contribution in [0.1, 0.15) is 18.9 Å². The van der Waals surface area contributed by atoms with E-state index in [0.29, 0.717) is 5.92 Å². The second kappa shape index (κ2) is 6.17. The van der Waals surface area contributed by atoms with Crippen LogP contribution in [0.3, 0.4) is 0 Å².